The average molecular weight is 434 g/mol. The van der Waals surface area contributed by atoms with Crippen molar-refractivity contribution in [2.24, 2.45) is 5.92 Å². The van der Waals surface area contributed by atoms with Gasteiger partial charge in [-0.3, -0.25) is 4.90 Å². The second-order valence-corrected chi connectivity index (χ2v) is 11.3. The molecule has 3 aliphatic rings. The first-order valence-electron chi connectivity index (χ1n) is 12.1. The predicted octanol–water partition coefficient (Wildman–Crippen LogP) is 3.78. The van der Waals surface area contributed by atoms with E-state index in [1.807, 2.05) is 12.1 Å². The van der Waals surface area contributed by atoms with Crippen molar-refractivity contribution < 1.29 is 8.42 Å². The third-order valence-electron chi connectivity index (χ3n) is 7.50. The van der Waals surface area contributed by atoms with E-state index in [0.717, 1.165) is 44.9 Å². The highest BCUT2D eigenvalue weighted by atomic mass is 32.2. The molecule has 5 nitrogen and oxygen atoms in total. The quantitative estimate of drug-likeness (QED) is 0.678. The van der Waals surface area contributed by atoms with Crippen LogP contribution in [0.4, 0.5) is 0 Å². The van der Waals surface area contributed by atoms with Gasteiger partial charge in [0, 0.05) is 32.2 Å². The number of sulfonamides is 1. The summed E-state index contributed by atoms with van der Waals surface area (Å²) in [5, 5.41) is 0. The van der Waals surface area contributed by atoms with Crippen molar-refractivity contribution in [1.82, 2.24) is 14.5 Å². The van der Waals surface area contributed by atoms with Gasteiger partial charge in [0.25, 0.3) is 0 Å². The van der Waals surface area contributed by atoms with Crippen molar-refractivity contribution in [3.8, 4) is 0 Å². The number of rotatable bonds is 8. The van der Waals surface area contributed by atoms with Crippen LogP contribution < -0.4 is 4.72 Å². The van der Waals surface area contributed by atoms with Crippen molar-refractivity contribution in [2.75, 3.05) is 32.7 Å². The molecule has 6 heteroatoms. The number of hydrogen-bond acceptors (Lipinski definition) is 4. The first-order chi connectivity index (χ1) is 14.5. The molecule has 1 aromatic carbocycles. The lowest BCUT2D eigenvalue weighted by Crippen LogP contribution is -2.35. The molecule has 168 valence electrons. The molecule has 1 saturated heterocycles. The standard InChI is InChI=1S/C24H39N3O2S/c1-2-27-15-6-9-23(27)12-14-25-30(28,29)24-11-10-21-13-16-26(19-22(21)17-24)18-20-7-4-3-5-8-20/h10-11,17,20,23,25H,2-9,12-16,18-19H2,1H3/t23-/m0/s1. The van der Waals surface area contributed by atoms with Crippen molar-refractivity contribution in [2.45, 2.75) is 82.2 Å². The van der Waals surface area contributed by atoms with Crippen LogP contribution in [0.25, 0.3) is 0 Å². The fourth-order valence-corrected chi connectivity index (χ4v) is 6.83. The van der Waals surface area contributed by atoms with Crippen LogP contribution in [0.3, 0.4) is 0 Å². The smallest absolute Gasteiger partial charge is 0.240 e. The number of nitrogens with zero attached hydrogens (tertiary/aromatic N) is 2. The van der Waals surface area contributed by atoms with Gasteiger partial charge in [-0.25, -0.2) is 13.1 Å². The minimum atomic E-state index is -3.44. The van der Waals surface area contributed by atoms with E-state index < -0.39 is 10.0 Å². The molecule has 1 aromatic rings. The number of nitrogens with one attached hydrogen (secondary N) is 1. The summed E-state index contributed by atoms with van der Waals surface area (Å²) in [4.78, 5) is 5.44. The molecular weight excluding hydrogens is 394 g/mol. The summed E-state index contributed by atoms with van der Waals surface area (Å²) in [5.41, 5.74) is 2.52. The average Bonchev–Trinajstić information content (AvgIpc) is 3.21. The van der Waals surface area contributed by atoms with Gasteiger partial charge in [-0.05, 0) is 80.8 Å². The fraction of sp³-hybridized carbons (Fsp3) is 0.750. The van der Waals surface area contributed by atoms with E-state index in [-0.39, 0.29) is 0 Å². The molecule has 4 rings (SSSR count). The SMILES string of the molecule is CCN1CCC[C@H]1CCNS(=O)(=O)c1ccc2c(c1)CN(CC1CCCCC1)CC2. The maximum Gasteiger partial charge on any atom is 0.240 e. The lowest BCUT2D eigenvalue weighted by molar-refractivity contribution is 0.187. The van der Waals surface area contributed by atoms with Gasteiger partial charge in [-0.1, -0.05) is 32.3 Å². The summed E-state index contributed by atoms with van der Waals surface area (Å²) in [6, 6.07) is 6.29. The summed E-state index contributed by atoms with van der Waals surface area (Å²) in [7, 11) is -3.44. The minimum absolute atomic E-state index is 0.430. The molecule has 0 aromatic heterocycles. The van der Waals surface area contributed by atoms with Crippen LogP contribution in [0, 0.1) is 5.92 Å². The van der Waals surface area contributed by atoms with E-state index in [9.17, 15) is 8.42 Å². The fourth-order valence-electron chi connectivity index (χ4n) is 5.73. The van der Waals surface area contributed by atoms with Gasteiger partial charge >= 0.3 is 0 Å². The normalized spacial score (nSPS) is 24.2. The monoisotopic (exact) mass is 433 g/mol. The molecule has 1 saturated carbocycles. The van der Waals surface area contributed by atoms with Gasteiger partial charge in [0.1, 0.15) is 0 Å². The first kappa shape index (κ1) is 22.3. The van der Waals surface area contributed by atoms with E-state index >= 15 is 0 Å². The van der Waals surface area contributed by atoms with E-state index in [0.29, 0.717) is 17.5 Å². The van der Waals surface area contributed by atoms with Gasteiger partial charge in [0.2, 0.25) is 10.0 Å². The summed E-state index contributed by atoms with van der Waals surface area (Å²) in [6.07, 6.45) is 11.2. The lowest BCUT2D eigenvalue weighted by atomic mass is 9.88. The molecule has 1 atom stereocenters. The lowest BCUT2D eigenvalue weighted by Gasteiger charge is -2.33. The Morgan fingerprint density at radius 2 is 1.87 bits per heavy atom. The van der Waals surface area contributed by atoms with Crippen LogP contribution in [0.2, 0.25) is 0 Å². The molecule has 30 heavy (non-hydrogen) atoms. The highest BCUT2D eigenvalue weighted by Gasteiger charge is 2.25. The molecule has 2 aliphatic heterocycles. The van der Waals surface area contributed by atoms with Crippen molar-refractivity contribution in [1.29, 1.82) is 0 Å². The van der Waals surface area contributed by atoms with E-state index in [1.165, 1.54) is 62.6 Å². The topological polar surface area (TPSA) is 52.7 Å². The molecule has 2 heterocycles. The Labute approximate surface area is 183 Å². The number of likely N-dealkylation sites (tertiary alicyclic amines) is 1. The molecular formula is C24H39N3O2S. The van der Waals surface area contributed by atoms with Crippen LogP contribution in [0.5, 0.6) is 0 Å². The molecule has 2 fully saturated rings. The first-order valence-corrected chi connectivity index (χ1v) is 13.6. The van der Waals surface area contributed by atoms with Crippen LogP contribution in [0.15, 0.2) is 23.1 Å². The summed E-state index contributed by atoms with van der Waals surface area (Å²) in [5.74, 6) is 0.826. The summed E-state index contributed by atoms with van der Waals surface area (Å²) < 4.78 is 28.7. The molecule has 0 radical (unpaired) electrons. The van der Waals surface area contributed by atoms with E-state index in [1.54, 1.807) is 6.07 Å². The van der Waals surface area contributed by atoms with Crippen LogP contribution >= 0.6 is 0 Å². The third-order valence-corrected chi connectivity index (χ3v) is 8.95. The molecule has 0 amide bonds. The van der Waals surface area contributed by atoms with E-state index in [4.69, 9.17) is 0 Å². The molecule has 1 N–H and O–H groups in total. The van der Waals surface area contributed by atoms with Gasteiger partial charge in [0.15, 0.2) is 0 Å². The molecule has 0 bridgehead atoms. The Bertz CT molecular complexity index is 805. The summed E-state index contributed by atoms with van der Waals surface area (Å²) >= 11 is 0. The van der Waals surface area contributed by atoms with Gasteiger partial charge in [0.05, 0.1) is 4.90 Å². The van der Waals surface area contributed by atoms with Crippen molar-refractivity contribution in [3.63, 3.8) is 0 Å². The van der Waals surface area contributed by atoms with Gasteiger partial charge in [-0.2, -0.15) is 0 Å². The Balaban J connectivity index is 1.34. The van der Waals surface area contributed by atoms with Crippen LogP contribution in [0.1, 0.15) is 69.4 Å². The predicted molar refractivity (Wildman–Crippen MR) is 122 cm³/mol. The zero-order valence-corrected chi connectivity index (χ0v) is 19.4. The van der Waals surface area contributed by atoms with Gasteiger partial charge in [-0.15, -0.1) is 0 Å². The number of benzene rings is 1. The maximum atomic E-state index is 12.9. The molecule has 0 spiro atoms. The minimum Gasteiger partial charge on any atom is -0.301 e. The number of fused-ring (bicyclic) bond motifs is 1. The van der Waals surface area contributed by atoms with Gasteiger partial charge < -0.3 is 4.90 Å². The van der Waals surface area contributed by atoms with E-state index in [2.05, 4.69) is 21.4 Å². The second kappa shape index (κ2) is 10.1. The largest absolute Gasteiger partial charge is 0.301 e. The Kier molecular flexibility index (Phi) is 7.50. The van der Waals surface area contributed by atoms with Crippen molar-refractivity contribution in [3.05, 3.63) is 29.3 Å². The maximum absolute atomic E-state index is 12.9. The Morgan fingerprint density at radius 1 is 1.03 bits per heavy atom. The third kappa shape index (κ3) is 5.45. The van der Waals surface area contributed by atoms with Crippen molar-refractivity contribution >= 4 is 10.0 Å². The number of hydrogen-bond donors (Lipinski definition) is 1. The Hall–Kier alpha value is -0.950. The Morgan fingerprint density at radius 3 is 2.67 bits per heavy atom. The zero-order chi connectivity index (χ0) is 21.0. The highest BCUT2D eigenvalue weighted by Crippen LogP contribution is 2.28. The zero-order valence-electron chi connectivity index (χ0n) is 18.6. The van der Waals surface area contributed by atoms with Crippen LogP contribution in [-0.4, -0.2) is 57.0 Å². The summed E-state index contributed by atoms with van der Waals surface area (Å²) in [6.45, 7) is 8.08. The van der Waals surface area contributed by atoms with Crippen LogP contribution in [-0.2, 0) is 23.0 Å². The second-order valence-electron chi connectivity index (χ2n) is 9.53. The molecule has 1 aliphatic carbocycles. The molecule has 0 unspecified atom stereocenters. The highest BCUT2D eigenvalue weighted by molar-refractivity contribution is 7.89.